The minimum Gasteiger partial charge on any atom is -0.310 e. The van der Waals surface area contributed by atoms with Crippen molar-refractivity contribution in [2.45, 2.75) is 50.9 Å². The molecule has 0 heterocycles. The van der Waals surface area contributed by atoms with Crippen LogP contribution in [0.1, 0.15) is 67.9 Å². The Hall–Kier alpha value is -6.18. The van der Waals surface area contributed by atoms with Crippen LogP contribution in [-0.2, 0) is 10.8 Å². The normalized spacial score (nSPS) is 16.8. The number of rotatable bonds is 6. The van der Waals surface area contributed by atoms with Crippen molar-refractivity contribution in [1.29, 1.82) is 0 Å². The van der Waals surface area contributed by atoms with Gasteiger partial charge in [-0.15, -0.1) is 0 Å². The van der Waals surface area contributed by atoms with E-state index in [0.29, 0.717) is 5.92 Å². The van der Waals surface area contributed by atoms with E-state index in [0.717, 1.165) is 6.42 Å². The van der Waals surface area contributed by atoms with Gasteiger partial charge in [-0.3, -0.25) is 0 Å². The maximum atomic E-state index is 2.51. The second-order valence-electron chi connectivity index (χ2n) is 16.5. The zero-order valence-electron chi connectivity index (χ0n) is 32.1. The Morgan fingerprint density at radius 3 is 1.76 bits per heavy atom. The summed E-state index contributed by atoms with van der Waals surface area (Å²) >= 11 is 0. The third kappa shape index (κ3) is 5.29. The van der Waals surface area contributed by atoms with E-state index in [2.05, 4.69) is 215 Å². The molecular formula is C54H45N. The molecule has 7 aromatic carbocycles. The standard InChI is InChI=1S/C54H45N/c1-53(2)48-24-14-11-22-43(48)45-32-31-41(35-50(45)53)55(40-29-27-37(28-30-40)36-17-7-5-8-18-36)51-26-16-13-21-42(51)39-33-46(38-19-9-6-10-20-38)52-47(34-39)44-23-12-15-25-49(44)54(52,3)4/h5-27,29-35,37H,28H2,1-4H3. The highest BCUT2D eigenvalue weighted by Gasteiger charge is 2.39. The van der Waals surface area contributed by atoms with Gasteiger partial charge in [0.2, 0.25) is 0 Å². The minimum atomic E-state index is -0.122. The van der Waals surface area contributed by atoms with Gasteiger partial charge in [-0.2, -0.15) is 0 Å². The maximum Gasteiger partial charge on any atom is 0.0539 e. The Kier molecular flexibility index (Phi) is 7.72. The van der Waals surface area contributed by atoms with E-state index in [1.54, 1.807) is 0 Å². The lowest BCUT2D eigenvalue weighted by molar-refractivity contribution is 0.660. The summed E-state index contributed by atoms with van der Waals surface area (Å²) in [5, 5.41) is 0. The van der Waals surface area contributed by atoms with Crippen LogP contribution in [0.2, 0.25) is 0 Å². The fourth-order valence-corrected chi connectivity index (χ4v) is 9.82. The Labute approximate surface area is 326 Å². The number of fused-ring (bicyclic) bond motifs is 6. The van der Waals surface area contributed by atoms with Crippen LogP contribution in [0.15, 0.2) is 188 Å². The van der Waals surface area contributed by atoms with Crippen LogP contribution in [0.5, 0.6) is 0 Å². The van der Waals surface area contributed by atoms with Crippen molar-refractivity contribution < 1.29 is 0 Å². The van der Waals surface area contributed by atoms with Crippen LogP contribution in [0.3, 0.4) is 0 Å². The summed E-state index contributed by atoms with van der Waals surface area (Å²) in [7, 11) is 0. The van der Waals surface area contributed by atoms with E-state index in [9.17, 15) is 0 Å². The molecule has 0 aromatic heterocycles. The monoisotopic (exact) mass is 707 g/mol. The highest BCUT2D eigenvalue weighted by Crippen LogP contribution is 2.55. The van der Waals surface area contributed by atoms with Gasteiger partial charge < -0.3 is 4.90 Å². The smallest absolute Gasteiger partial charge is 0.0539 e. The molecule has 1 unspecified atom stereocenters. The van der Waals surface area contributed by atoms with Crippen molar-refractivity contribution in [2.24, 2.45) is 0 Å². The molecule has 1 atom stereocenters. The number of hydrogen-bond acceptors (Lipinski definition) is 1. The van der Waals surface area contributed by atoms with Crippen molar-refractivity contribution in [1.82, 2.24) is 0 Å². The number of benzene rings is 7. The molecule has 0 bridgehead atoms. The Morgan fingerprint density at radius 1 is 0.473 bits per heavy atom. The second kappa shape index (κ2) is 12.7. The van der Waals surface area contributed by atoms with Gasteiger partial charge in [0.05, 0.1) is 5.69 Å². The SMILES string of the molecule is CC1(C)c2ccccc2-c2ccc(N(C3=CCC(c4ccccc4)C=C3)c3ccccc3-c3cc(-c4ccccc4)c4c(c3)-c3ccccc3C4(C)C)cc21. The van der Waals surface area contributed by atoms with Crippen LogP contribution in [0, 0.1) is 0 Å². The fourth-order valence-electron chi connectivity index (χ4n) is 9.82. The first-order valence-corrected chi connectivity index (χ1v) is 19.7. The van der Waals surface area contributed by atoms with E-state index in [-0.39, 0.29) is 10.8 Å². The second-order valence-corrected chi connectivity index (χ2v) is 16.5. The zero-order valence-corrected chi connectivity index (χ0v) is 32.1. The molecule has 55 heavy (non-hydrogen) atoms. The van der Waals surface area contributed by atoms with E-state index in [4.69, 9.17) is 0 Å². The molecule has 3 aliphatic rings. The highest BCUT2D eigenvalue weighted by molar-refractivity contribution is 5.95. The van der Waals surface area contributed by atoms with E-state index < -0.39 is 0 Å². The van der Waals surface area contributed by atoms with Crippen molar-refractivity contribution >= 4 is 11.4 Å². The average molecular weight is 708 g/mol. The van der Waals surface area contributed by atoms with Gasteiger partial charge >= 0.3 is 0 Å². The molecule has 0 fully saturated rings. The molecule has 0 aliphatic heterocycles. The summed E-state index contributed by atoms with van der Waals surface area (Å²) in [5.41, 5.74) is 20.6. The van der Waals surface area contributed by atoms with E-state index in [1.165, 1.54) is 89.4 Å². The lowest BCUT2D eigenvalue weighted by Crippen LogP contribution is -2.20. The molecule has 0 saturated heterocycles. The Bertz CT molecular complexity index is 2670. The van der Waals surface area contributed by atoms with Crippen LogP contribution in [0.25, 0.3) is 44.5 Å². The number of para-hydroxylation sites is 1. The largest absolute Gasteiger partial charge is 0.310 e. The lowest BCUT2D eigenvalue weighted by atomic mass is 9.78. The molecule has 1 nitrogen and oxygen atoms in total. The van der Waals surface area contributed by atoms with Crippen LogP contribution in [0.4, 0.5) is 11.4 Å². The molecular weight excluding hydrogens is 663 g/mol. The first-order valence-electron chi connectivity index (χ1n) is 19.7. The van der Waals surface area contributed by atoms with Gasteiger partial charge in [0.25, 0.3) is 0 Å². The Morgan fingerprint density at radius 2 is 1.05 bits per heavy atom. The van der Waals surface area contributed by atoms with E-state index >= 15 is 0 Å². The van der Waals surface area contributed by atoms with Crippen molar-refractivity contribution in [3.63, 3.8) is 0 Å². The molecule has 1 heteroatoms. The molecule has 3 aliphatic carbocycles. The molecule has 266 valence electrons. The summed E-state index contributed by atoms with van der Waals surface area (Å²) in [6.45, 7) is 9.52. The minimum absolute atomic E-state index is 0.104. The Balaban J connectivity index is 1.18. The summed E-state index contributed by atoms with van der Waals surface area (Å²) < 4.78 is 0. The molecule has 0 spiro atoms. The predicted octanol–water partition coefficient (Wildman–Crippen LogP) is 14.4. The molecule has 0 amide bonds. The van der Waals surface area contributed by atoms with E-state index in [1.807, 2.05) is 0 Å². The summed E-state index contributed by atoms with van der Waals surface area (Å²) in [4.78, 5) is 2.51. The van der Waals surface area contributed by atoms with Gasteiger partial charge in [0.15, 0.2) is 0 Å². The van der Waals surface area contributed by atoms with Crippen molar-refractivity contribution in [3.8, 4) is 44.5 Å². The van der Waals surface area contributed by atoms with Crippen molar-refractivity contribution in [3.05, 3.63) is 216 Å². The summed E-state index contributed by atoms with van der Waals surface area (Å²) in [6.07, 6.45) is 8.13. The van der Waals surface area contributed by atoms with Gasteiger partial charge in [-0.25, -0.2) is 0 Å². The fraction of sp³-hybridized carbons (Fsp3) is 0.148. The molecule has 0 radical (unpaired) electrons. The number of anilines is 2. The topological polar surface area (TPSA) is 3.24 Å². The third-order valence-corrected chi connectivity index (χ3v) is 12.6. The maximum absolute atomic E-state index is 2.51. The lowest BCUT2D eigenvalue weighted by Gasteiger charge is -2.32. The summed E-state index contributed by atoms with van der Waals surface area (Å²) in [6, 6.07) is 60.9. The molecule has 10 rings (SSSR count). The number of allylic oxidation sites excluding steroid dienone is 3. The van der Waals surface area contributed by atoms with Crippen molar-refractivity contribution in [2.75, 3.05) is 4.90 Å². The van der Waals surface area contributed by atoms with Crippen LogP contribution >= 0.6 is 0 Å². The predicted molar refractivity (Wildman–Crippen MR) is 232 cm³/mol. The number of hydrogen-bond donors (Lipinski definition) is 0. The first-order chi connectivity index (χ1) is 26.8. The third-order valence-electron chi connectivity index (χ3n) is 12.6. The van der Waals surface area contributed by atoms with Crippen LogP contribution in [-0.4, -0.2) is 0 Å². The zero-order chi connectivity index (χ0) is 37.3. The average Bonchev–Trinajstić information content (AvgIpc) is 3.61. The highest BCUT2D eigenvalue weighted by atomic mass is 15.1. The molecule has 0 saturated carbocycles. The molecule has 0 N–H and O–H groups in total. The van der Waals surface area contributed by atoms with Gasteiger partial charge in [0, 0.05) is 33.7 Å². The summed E-state index contributed by atoms with van der Waals surface area (Å²) in [5.74, 6) is 0.351. The first kappa shape index (κ1) is 33.4. The van der Waals surface area contributed by atoms with Gasteiger partial charge in [-0.05, 0) is 110 Å². The van der Waals surface area contributed by atoms with Gasteiger partial charge in [-0.1, -0.05) is 173 Å². The quantitative estimate of drug-likeness (QED) is 0.166. The molecule has 7 aromatic rings. The van der Waals surface area contributed by atoms with Crippen LogP contribution < -0.4 is 4.90 Å². The van der Waals surface area contributed by atoms with Gasteiger partial charge in [0.1, 0.15) is 0 Å². The number of nitrogens with zero attached hydrogens (tertiary/aromatic N) is 1.